The van der Waals surface area contributed by atoms with Crippen LogP contribution >= 0.6 is 0 Å². The Morgan fingerprint density at radius 1 is 1.17 bits per heavy atom. The van der Waals surface area contributed by atoms with E-state index in [2.05, 4.69) is 9.82 Å². The fourth-order valence-electron chi connectivity index (χ4n) is 4.71. The second-order valence-corrected chi connectivity index (χ2v) is 10.5. The maximum Gasteiger partial charge on any atom is 0.433 e. The molecule has 1 N–H and O–H groups in total. The minimum absolute atomic E-state index is 0.175. The first-order valence-electron chi connectivity index (χ1n) is 9.97. The Morgan fingerprint density at radius 3 is 2.63 bits per heavy atom. The number of sulfonamides is 1. The van der Waals surface area contributed by atoms with Crippen molar-refractivity contribution in [1.82, 2.24) is 9.73 Å². The van der Waals surface area contributed by atoms with Crippen molar-refractivity contribution >= 4 is 21.8 Å². The molecule has 0 saturated heterocycles. The zero-order valence-corrected chi connectivity index (χ0v) is 17.9. The maximum atomic E-state index is 13.3. The summed E-state index contributed by atoms with van der Waals surface area (Å²) in [4.78, 5) is 13.4. The number of hydrazone groups is 1. The molecule has 3 aliphatic rings. The van der Waals surface area contributed by atoms with Crippen LogP contribution in [0.2, 0.25) is 0 Å². The summed E-state index contributed by atoms with van der Waals surface area (Å²) in [7, 11) is -3.81. The number of aryl methyl sites for hydroxylation is 1. The van der Waals surface area contributed by atoms with Crippen molar-refractivity contribution in [3.8, 4) is 0 Å². The summed E-state index contributed by atoms with van der Waals surface area (Å²) in [6, 6.07) is 14.7. The van der Waals surface area contributed by atoms with Crippen molar-refractivity contribution in [1.29, 1.82) is 0 Å². The van der Waals surface area contributed by atoms with Gasteiger partial charge in [0, 0.05) is 17.0 Å². The standard InChI is InChI=1S/C22H23N3O4S/c1-21(2,3)29-20(26)25-22(16-10-6-7-11-18(16)30(27,28)24-22)17-13-12-14-8-4-5-9-15(14)19(17)23-25/h4-11,17,24H,12-13H2,1-3H3. The number of hydrogen-bond donors (Lipinski definition) is 1. The van der Waals surface area contributed by atoms with E-state index in [0.717, 1.165) is 17.5 Å². The van der Waals surface area contributed by atoms with E-state index in [1.54, 1.807) is 45.0 Å². The van der Waals surface area contributed by atoms with E-state index in [9.17, 15) is 13.2 Å². The van der Waals surface area contributed by atoms with Crippen LogP contribution in [0.3, 0.4) is 0 Å². The summed E-state index contributed by atoms with van der Waals surface area (Å²) < 4.78 is 34.5. The molecule has 156 valence electrons. The number of benzene rings is 2. The smallest absolute Gasteiger partial charge is 0.433 e. The highest BCUT2D eigenvalue weighted by Crippen LogP contribution is 2.51. The summed E-state index contributed by atoms with van der Waals surface area (Å²) in [5.41, 5.74) is 1.24. The number of nitrogens with one attached hydrogen (secondary N) is 1. The Balaban J connectivity index is 1.74. The van der Waals surface area contributed by atoms with Gasteiger partial charge in [0.15, 0.2) is 5.66 Å². The van der Waals surface area contributed by atoms with Crippen LogP contribution in [0.25, 0.3) is 0 Å². The topological polar surface area (TPSA) is 88.1 Å². The first kappa shape index (κ1) is 19.3. The van der Waals surface area contributed by atoms with Gasteiger partial charge in [-0.2, -0.15) is 14.8 Å². The largest absolute Gasteiger partial charge is 0.442 e. The van der Waals surface area contributed by atoms with E-state index in [1.165, 1.54) is 5.01 Å². The summed E-state index contributed by atoms with van der Waals surface area (Å²) >= 11 is 0. The molecule has 8 heteroatoms. The van der Waals surface area contributed by atoms with Gasteiger partial charge in [0.25, 0.3) is 0 Å². The second-order valence-electron chi connectivity index (χ2n) is 8.89. The number of ether oxygens (including phenoxy) is 1. The fraction of sp³-hybridized carbons (Fsp3) is 0.364. The van der Waals surface area contributed by atoms with Gasteiger partial charge >= 0.3 is 6.09 Å². The number of amides is 1. The Morgan fingerprint density at radius 2 is 1.87 bits per heavy atom. The van der Waals surface area contributed by atoms with E-state index in [0.29, 0.717) is 17.7 Å². The van der Waals surface area contributed by atoms with Gasteiger partial charge in [-0.1, -0.05) is 42.5 Å². The average Bonchev–Trinajstić information content (AvgIpc) is 3.13. The van der Waals surface area contributed by atoms with Crippen molar-refractivity contribution in [2.45, 2.75) is 49.8 Å². The van der Waals surface area contributed by atoms with Gasteiger partial charge in [-0.3, -0.25) is 0 Å². The van der Waals surface area contributed by atoms with Gasteiger partial charge in [0.1, 0.15) is 5.60 Å². The Bertz CT molecular complexity index is 1200. The van der Waals surface area contributed by atoms with E-state index < -0.39 is 27.4 Å². The molecule has 0 fully saturated rings. The van der Waals surface area contributed by atoms with Crippen LogP contribution < -0.4 is 4.72 Å². The summed E-state index contributed by atoms with van der Waals surface area (Å²) in [5.74, 6) is -0.321. The highest BCUT2D eigenvalue weighted by Gasteiger charge is 2.63. The zero-order chi connectivity index (χ0) is 21.3. The third-order valence-corrected chi connectivity index (χ3v) is 7.33. The van der Waals surface area contributed by atoms with Gasteiger partial charge < -0.3 is 4.74 Å². The number of carbonyl (C=O) groups is 1. The molecule has 5 rings (SSSR count). The molecule has 0 radical (unpaired) electrons. The minimum Gasteiger partial charge on any atom is -0.442 e. The Kier molecular flexibility index (Phi) is 3.95. The number of rotatable bonds is 0. The average molecular weight is 426 g/mol. The molecule has 2 aromatic carbocycles. The van der Waals surface area contributed by atoms with Crippen LogP contribution in [0.5, 0.6) is 0 Å². The first-order valence-corrected chi connectivity index (χ1v) is 11.5. The molecule has 2 aliphatic heterocycles. The van der Waals surface area contributed by atoms with Crippen LogP contribution in [-0.2, 0) is 26.8 Å². The van der Waals surface area contributed by atoms with Gasteiger partial charge in [-0.05, 0) is 45.2 Å². The molecule has 0 aromatic heterocycles. The zero-order valence-electron chi connectivity index (χ0n) is 17.0. The van der Waals surface area contributed by atoms with Crippen molar-refractivity contribution in [2.24, 2.45) is 11.0 Å². The van der Waals surface area contributed by atoms with Crippen LogP contribution in [-0.4, -0.2) is 30.8 Å². The number of carbonyl (C=O) groups excluding carboxylic acids is 1. The number of hydrogen-bond acceptors (Lipinski definition) is 5. The minimum atomic E-state index is -3.81. The monoisotopic (exact) mass is 425 g/mol. The van der Waals surface area contributed by atoms with Crippen LogP contribution in [0, 0.1) is 5.92 Å². The molecule has 2 unspecified atom stereocenters. The van der Waals surface area contributed by atoms with Crippen LogP contribution in [0.1, 0.15) is 43.9 Å². The molecule has 0 bridgehead atoms. The van der Waals surface area contributed by atoms with Crippen molar-refractivity contribution in [3.63, 3.8) is 0 Å². The highest BCUT2D eigenvalue weighted by molar-refractivity contribution is 7.89. The van der Waals surface area contributed by atoms with Gasteiger partial charge in [0.2, 0.25) is 10.0 Å². The molecule has 1 aliphatic carbocycles. The molecule has 1 amide bonds. The van der Waals surface area contributed by atoms with E-state index >= 15 is 0 Å². The molecule has 7 nitrogen and oxygen atoms in total. The van der Waals surface area contributed by atoms with Gasteiger partial charge in [-0.25, -0.2) is 13.2 Å². The summed E-state index contributed by atoms with van der Waals surface area (Å²) in [5, 5.41) is 5.90. The predicted molar refractivity (Wildman–Crippen MR) is 111 cm³/mol. The predicted octanol–water partition coefficient (Wildman–Crippen LogP) is 3.35. The third-order valence-electron chi connectivity index (χ3n) is 5.82. The lowest BCUT2D eigenvalue weighted by atomic mass is 9.74. The van der Waals surface area contributed by atoms with E-state index in [1.807, 2.05) is 24.3 Å². The van der Waals surface area contributed by atoms with Crippen LogP contribution in [0.15, 0.2) is 58.5 Å². The Labute approximate surface area is 175 Å². The number of fused-ring (bicyclic) bond motifs is 6. The highest BCUT2D eigenvalue weighted by atomic mass is 32.2. The quantitative estimate of drug-likeness (QED) is 0.701. The Hall–Kier alpha value is -2.71. The normalized spacial score (nSPS) is 26.0. The molecule has 2 atom stereocenters. The third kappa shape index (κ3) is 2.63. The fourth-order valence-corrected chi connectivity index (χ4v) is 6.34. The SMILES string of the molecule is CC(C)(C)OC(=O)N1N=C2c3ccccc3CCC2C12NS(=O)(=O)c1ccccc12. The van der Waals surface area contributed by atoms with Gasteiger partial charge in [-0.15, -0.1) is 0 Å². The molecule has 2 aromatic rings. The molecule has 2 heterocycles. The molecule has 0 saturated carbocycles. The maximum absolute atomic E-state index is 13.3. The van der Waals surface area contributed by atoms with Crippen molar-refractivity contribution in [3.05, 3.63) is 65.2 Å². The molecule has 30 heavy (non-hydrogen) atoms. The first-order chi connectivity index (χ1) is 14.1. The van der Waals surface area contributed by atoms with Crippen molar-refractivity contribution in [2.75, 3.05) is 0 Å². The lowest BCUT2D eigenvalue weighted by Crippen LogP contribution is -2.57. The lowest BCUT2D eigenvalue weighted by Gasteiger charge is -2.39. The molecular formula is C22H23N3O4S. The van der Waals surface area contributed by atoms with E-state index in [-0.39, 0.29) is 10.8 Å². The summed E-state index contributed by atoms with van der Waals surface area (Å²) in [6.07, 6.45) is 0.751. The van der Waals surface area contributed by atoms with Gasteiger partial charge in [0.05, 0.1) is 10.6 Å². The second kappa shape index (κ2) is 6.15. The lowest BCUT2D eigenvalue weighted by molar-refractivity contribution is -0.00913. The van der Waals surface area contributed by atoms with Crippen LogP contribution in [0.4, 0.5) is 4.79 Å². The molecular weight excluding hydrogens is 402 g/mol. The molecule has 1 spiro atoms. The number of nitrogens with zero attached hydrogens (tertiary/aromatic N) is 2. The summed E-state index contributed by atoms with van der Waals surface area (Å²) in [6.45, 7) is 5.32. The van der Waals surface area contributed by atoms with Crippen molar-refractivity contribution < 1.29 is 17.9 Å². The van der Waals surface area contributed by atoms with E-state index in [4.69, 9.17) is 4.74 Å².